The predicted octanol–water partition coefficient (Wildman–Crippen LogP) is 4.21. The summed E-state index contributed by atoms with van der Waals surface area (Å²) in [6.07, 6.45) is 3.39. The van der Waals surface area contributed by atoms with Crippen molar-refractivity contribution in [1.29, 1.82) is 0 Å². The van der Waals surface area contributed by atoms with Gasteiger partial charge in [-0.1, -0.05) is 6.07 Å². The average Bonchev–Trinajstić information content (AvgIpc) is 2.79. The number of piperidine rings is 1. The number of carbonyl (C=O) groups is 1. The van der Waals surface area contributed by atoms with Gasteiger partial charge >= 0.3 is 0 Å². The smallest absolute Gasteiger partial charge is 0.253 e. The van der Waals surface area contributed by atoms with E-state index in [0.29, 0.717) is 35.3 Å². The molecule has 0 aliphatic carbocycles. The maximum atomic E-state index is 12.6. The fourth-order valence-electron chi connectivity index (χ4n) is 3.43. The van der Waals surface area contributed by atoms with Gasteiger partial charge in [-0.2, -0.15) is 0 Å². The molecule has 0 atom stereocenters. The Bertz CT molecular complexity index is 864. The lowest BCUT2D eigenvalue weighted by atomic mass is 10.1. The lowest BCUT2D eigenvalue weighted by Gasteiger charge is -2.26. The first-order chi connectivity index (χ1) is 14.6. The number of likely N-dealkylation sites (tertiary alicyclic amines) is 1. The van der Waals surface area contributed by atoms with E-state index in [1.54, 1.807) is 7.11 Å². The van der Waals surface area contributed by atoms with E-state index in [4.69, 9.17) is 21.7 Å². The van der Waals surface area contributed by atoms with Crippen LogP contribution in [0.5, 0.6) is 11.5 Å². The molecule has 0 bridgehead atoms. The molecule has 160 valence electrons. The molecule has 0 radical (unpaired) electrons. The Kier molecular flexibility index (Phi) is 7.90. The fourth-order valence-corrected chi connectivity index (χ4v) is 3.62. The molecular formula is C23H29N3O3S. The molecule has 7 heteroatoms. The van der Waals surface area contributed by atoms with Gasteiger partial charge in [0.25, 0.3) is 5.91 Å². The van der Waals surface area contributed by atoms with Gasteiger partial charge in [0.2, 0.25) is 0 Å². The first-order valence-corrected chi connectivity index (χ1v) is 10.8. The zero-order chi connectivity index (χ0) is 21.3. The minimum atomic E-state index is 0.103. The van der Waals surface area contributed by atoms with Crippen molar-refractivity contribution in [1.82, 2.24) is 10.2 Å². The summed E-state index contributed by atoms with van der Waals surface area (Å²) in [4.78, 5) is 14.5. The number of thiocarbonyl (C=S) groups is 1. The molecule has 1 fully saturated rings. The predicted molar refractivity (Wildman–Crippen MR) is 123 cm³/mol. The summed E-state index contributed by atoms with van der Waals surface area (Å²) in [7, 11) is 1.63. The Balaban J connectivity index is 1.52. The molecule has 1 heterocycles. The van der Waals surface area contributed by atoms with Crippen LogP contribution in [-0.2, 0) is 6.54 Å². The molecule has 0 spiro atoms. The zero-order valence-corrected chi connectivity index (χ0v) is 18.4. The highest BCUT2D eigenvalue weighted by atomic mass is 32.1. The van der Waals surface area contributed by atoms with E-state index in [2.05, 4.69) is 10.6 Å². The largest absolute Gasteiger partial charge is 0.493 e. The van der Waals surface area contributed by atoms with Crippen LogP contribution in [0.3, 0.4) is 0 Å². The van der Waals surface area contributed by atoms with E-state index in [0.717, 1.165) is 37.2 Å². The number of rotatable bonds is 7. The van der Waals surface area contributed by atoms with Crippen LogP contribution in [0.1, 0.15) is 42.1 Å². The Labute approximate surface area is 183 Å². The van der Waals surface area contributed by atoms with Crippen LogP contribution in [0.2, 0.25) is 0 Å². The van der Waals surface area contributed by atoms with Gasteiger partial charge in [-0.15, -0.1) is 0 Å². The third kappa shape index (κ3) is 5.86. The van der Waals surface area contributed by atoms with Crippen molar-refractivity contribution in [3.63, 3.8) is 0 Å². The number of nitrogens with zero attached hydrogens (tertiary/aromatic N) is 1. The average molecular weight is 428 g/mol. The van der Waals surface area contributed by atoms with Gasteiger partial charge in [0, 0.05) is 30.9 Å². The van der Waals surface area contributed by atoms with E-state index >= 15 is 0 Å². The number of amides is 1. The summed E-state index contributed by atoms with van der Waals surface area (Å²) in [5.74, 6) is 1.53. The van der Waals surface area contributed by atoms with Crippen molar-refractivity contribution >= 4 is 28.9 Å². The molecule has 0 aromatic heterocycles. The molecule has 0 saturated carbocycles. The second-order valence-corrected chi connectivity index (χ2v) is 7.56. The maximum Gasteiger partial charge on any atom is 0.253 e. The van der Waals surface area contributed by atoms with Gasteiger partial charge in [-0.25, -0.2) is 0 Å². The van der Waals surface area contributed by atoms with E-state index in [9.17, 15) is 4.79 Å². The summed E-state index contributed by atoms with van der Waals surface area (Å²) >= 11 is 5.40. The van der Waals surface area contributed by atoms with Gasteiger partial charge < -0.3 is 25.0 Å². The molecule has 30 heavy (non-hydrogen) atoms. The Morgan fingerprint density at radius 3 is 2.47 bits per heavy atom. The van der Waals surface area contributed by atoms with E-state index in [1.807, 2.05) is 54.3 Å². The molecule has 2 aromatic carbocycles. The number of anilines is 1. The normalized spacial score (nSPS) is 13.5. The van der Waals surface area contributed by atoms with Crippen LogP contribution >= 0.6 is 12.2 Å². The Hall–Kier alpha value is -2.80. The highest BCUT2D eigenvalue weighted by molar-refractivity contribution is 7.80. The topological polar surface area (TPSA) is 62.8 Å². The summed E-state index contributed by atoms with van der Waals surface area (Å²) < 4.78 is 10.9. The van der Waals surface area contributed by atoms with Gasteiger partial charge in [0.05, 0.1) is 13.7 Å². The second kappa shape index (κ2) is 10.8. The molecule has 6 nitrogen and oxygen atoms in total. The second-order valence-electron chi connectivity index (χ2n) is 7.16. The molecule has 1 amide bonds. The minimum Gasteiger partial charge on any atom is -0.493 e. The highest BCUT2D eigenvalue weighted by Gasteiger charge is 2.17. The van der Waals surface area contributed by atoms with Crippen molar-refractivity contribution in [3.05, 3.63) is 53.6 Å². The fraction of sp³-hybridized carbons (Fsp3) is 0.391. The van der Waals surface area contributed by atoms with Gasteiger partial charge in [0.1, 0.15) is 0 Å². The van der Waals surface area contributed by atoms with Crippen molar-refractivity contribution in [3.8, 4) is 11.5 Å². The molecule has 0 unspecified atom stereocenters. The summed E-state index contributed by atoms with van der Waals surface area (Å²) in [5, 5.41) is 6.86. The summed E-state index contributed by atoms with van der Waals surface area (Å²) in [6, 6.07) is 13.3. The number of nitrogens with one attached hydrogen (secondary N) is 2. The van der Waals surface area contributed by atoms with Crippen molar-refractivity contribution in [2.75, 3.05) is 32.1 Å². The van der Waals surface area contributed by atoms with Crippen molar-refractivity contribution < 1.29 is 14.3 Å². The van der Waals surface area contributed by atoms with Gasteiger partial charge in [0.15, 0.2) is 16.6 Å². The quantitative estimate of drug-likeness (QED) is 0.646. The number of hydrogen-bond acceptors (Lipinski definition) is 4. The number of carbonyl (C=O) groups excluding carboxylic acids is 1. The van der Waals surface area contributed by atoms with Gasteiger partial charge in [-0.3, -0.25) is 4.79 Å². The first kappa shape index (κ1) is 21.9. The van der Waals surface area contributed by atoms with Crippen LogP contribution in [0.25, 0.3) is 0 Å². The molecule has 3 rings (SSSR count). The van der Waals surface area contributed by atoms with Gasteiger partial charge in [-0.05, 0) is 80.4 Å². The molecule has 2 aromatic rings. The number of benzene rings is 2. The van der Waals surface area contributed by atoms with Crippen LogP contribution in [-0.4, -0.2) is 42.7 Å². The lowest BCUT2D eigenvalue weighted by molar-refractivity contribution is 0.0724. The third-order valence-corrected chi connectivity index (χ3v) is 5.26. The Morgan fingerprint density at radius 1 is 1.07 bits per heavy atom. The van der Waals surface area contributed by atoms with Crippen LogP contribution in [0.15, 0.2) is 42.5 Å². The van der Waals surface area contributed by atoms with Crippen molar-refractivity contribution in [2.45, 2.75) is 32.7 Å². The lowest BCUT2D eigenvalue weighted by Crippen LogP contribution is -2.35. The SMILES string of the molecule is CCOc1cc(CNC(=S)Nc2ccc(C(=O)N3CCCCC3)cc2)ccc1OC. The summed E-state index contributed by atoms with van der Waals surface area (Å²) in [5.41, 5.74) is 2.58. The zero-order valence-electron chi connectivity index (χ0n) is 17.6. The number of hydrogen-bond donors (Lipinski definition) is 2. The molecule has 1 aliphatic rings. The molecule has 2 N–H and O–H groups in total. The summed E-state index contributed by atoms with van der Waals surface area (Å²) in [6.45, 7) is 4.77. The molecule has 1 aliphatic heterocycles. The van der Waals surface area contributed by atoms with E-state index < -0.39 is 0 Å². The number of ether oxygens (including phenoxy) is 2. The van der Waals surface area contributed by atoms with Crippen LogP contribution in [0.4, 0.5) is 5.69 Å². The number of methoxy groups -OCH3 is 1. The van der Waals surface area contributed by atoms with Crippen LogP contribution in [0, 0.1) is 0 Å². The molecule has 1 saturated heterocycles. The maximum absolute atomic E-state index is 12.6. The monoisotopic (exact) mass is 427 g/mol. The Morgan fingerprint density at radius 2 is 1.80 bits per heavy atom. The van der Waals surface area contributed by atoms with E-state index in [-0.39, 0.29) is 5.91 Å². The third-order valence-electron chi connectivity index (χ3n) is 5.01. The molecular weight excluding hydrogens is 398 g/mol. The van der Waals surface area contributed by atoms with Crippen LogP contribution < -0.4 is 20.1 Å². The highest BCUT2D eigenvalue weighted by Crippen LogP contribution is 2.28. The standard InChI is InChI=1S/C23H29N3O3S/c1-3-29-21-15-17(7-12-20(21)28-2)16-24-23(30)25-19-10-8-18(9-11-19)22(27)26-13-5-4-6-14-26/h7-12,15H,3-6,13-14,16H2,1-2H3,(H2,24,25,30). The van der Waals surface area contributed by atoms with Crippen molar-refractivity contribution in [2.24, 2.45) is 0 Å². The van der Waals surface area contributed by atoms with E-state index in [1.165, 1.54) is 6.42 Å². The minimum absolute atomic E-state index is 0.103. The first-order valence-electron chi connectivity index (χ1n) is 10.3.